The molecule has 1 aliphatic rings. The molecule has 2 N–H and O–H groups in total. The molecule has 78 valence electrons. The number of nitrogens with zero attached hydrogens (tertiary/aromatic N) is 1. The Kier molecular flexibility index (Phi) is 3.90. The molecule has 0 radical (unpaired) electrons. The first kappa shape index (κ1) is 11.0. The lowest BCUT2D eigenvalue weighted by molar-refractivity contribution is -0.143. The molecule has 0 bridgehead atoms. The summed E-state index contributed by atoms with van der Waals surface area (Å²) in [6.45, 7) is 1.80. The molecular weight excluding hydrogens is 180 g/mol. The van der Waals surface area contributed by atoms with Gasteiger partial charge in [0, 0.05) is 6.04 Å². The van der Waals surface area contributed by atoms with Crippen LogP contribution in [-0.4, -0.2) is 23.2 Å². The maximum atomic E-state index is 10.8. The van der Waals surface area contributed by atoms with Gasteiger partial charge in [0.05, 0.1) is 18.0 Å². The first-order chi connectivity index (χ1) is 6.63. The van der Waals surface area contributed by atoms with Gasteiger partial charge >= 0.3 is 5.97 Å². The van der Waals surface area contributed by atoms with E-state index in [9.17, 15) is 4.79 Å². The van der Waals surface area contributed by atoms with Gasteiger partial charge in [0.1, 0.15) is 0 Å². The van der Waals surface area contributed by atoms with Gasteiger partial charge in [-0.25, -0.2) is 0 Å². The molecule has 0 aromatic carbocycles. The van der Waals surface area contributed by atoms with Gasteiger partial charge in [-0.15, -0.1) is 0 Å². The molecule has 14 heavy (non-hydrogen) atoms. The highest BCUT2D eigenvalue weighted by atomic mass is 16.4. The second kappa shape index (κ2) is 4.97. The van der Waals surface area contributed by atoms with Gasteiger partial charge in [0.2, 0.25) is 0 Å². The minimum Gasteiger partial charge on any atom is -0.481 e. The average molecular weight is 196 g/mol. The first-order valence-corrected chi connectivity index (χ1v) is 5.02. The van der Waals surface area contributed by atoms with Gasteiger partial charge < -0.3 is 5.11 Å². The van der Waals surface area contributed by atoms with Crippen molar-refractivity contribution < 1.29 is 9.90 Å². The van der Waals surface area contributed by atoms with Crippen molar-refractivity contribution in [2.45, 2.75) is 44.7 Å². The van der Waals surface area contributed by atoms with Gasteiger partial charge in [0.25, 0.3) is 0 Å². The molecule has 4 heteroatoms. The zero-order valence-electron chi connectivity index (χ0n) is 8.36. The largest absolute Gasteiger partial charge is 0.481 e. The van der Waals surface area contributed by atoms with Crippen LogP contribution in [0, 0.1) is 17.2 Å². The number of hydrogen-bond acceptors (Lipinski definition) is 3. The number of aliphatic carboxylic acids is 1. The summed E-state index contributed by atoms with van der Waals surface area (Å²) < 4.78 is 0. The van der Waals surface area contributed by atoms with E-state index in [-0.39, 0.29) is 18.0 Å². The smallest absolute Gasteiger partial charge is 0.306 e. The van der Waals surface area contributed by atoms with Crippen LogP contribution in [0.1, 0.15) is 32.6 Å². The fraction of sp³-hybridized carbons (Fsp3) is 0.800. The van der Waals surface area contributed by atoms with E-state index in [1.165, 1.54) is 0 Å². The molecule has 0 aliphatic heterocycles. The number of hydrogen-bond donors (Lipinski definition) is 2. The van der Waals surface area contributed by atoms with Crippen LogP contribution in [0.15, 0.2) is 0 Å². The van der Waals surface area contributed by atoms with Gasteiger partial charge in [0.15, 0.2) is 0 Å². The van der Waals surface area contributed by atoms with E-state index in [1.807, 2.05) is 0 Å². The van der Waals surface area contributed by atoms with E-state index in [0.29, 0.717) is 6.42 Å². The molecule has 0 saturated heterocycles. The predicted octanol–water partition coefficient (Wildman–Crippen LogP) is 1.13. The molecule has 3 atom stereocenters. The van der Waals surface area contributed by atoms with E-state index in [2.05, 4.69) is 11.4 Å². The Morgan fingerprint density at radius 3 is 2.93 bits per heavy atom. The lowest BCUT2D eigenvalue weighted by Crippen LogP contribution is -2.40. The third kappa shape index (κ3) is 3.00. The molecule has 0 spiro atoms. The number of carboxylic acids is 1. The van der Waals surface area contributed by atoms with E-state index < -0.39 is 5.97 Å². The molecule has 1 saturated carbocycles. The third-order valence-electron chi connectivity index (χ3n) is 2.70. The Labute approximate surface area is 83.9 Å². The molecule has 1 aliphatic carbocycles. The lowest BCUT2D eigenvalue weighted by Gasteiger charge is -2.28. The summed E-state index contributed by atoms with van der Waals surface area (Å²) in [7, 11) is 0. The van der Waals surface area contributed by atoms with Crippen molar-refractivity contribution in [2.24, 2.45) is 5.92 Å². The first-order valence-electron chi connectivity index (χ1n) is 5.02. The highest BCUT2D eigenvalue weighted by molar-refractivity contribution is 5.70. The Morgan fingerprint density at radius 1 is 1.64 bits per heavy atom. The maximum Gasteiger partial charge on any atom is 0.306 e. The minimum absolute atomic E-state index is 0.187. The average Bonchev–Trinajstić information content (AvgIpc) is 2.18. The number of carbonyl (C=O) groups is 1. The SMILES string of the molecule is CC(C#N)NC1CCCC(C(=O)O)C1. The standard InChI is InChI=1S/C10H16N2O2/c1-7(6-11)12-9-4-2-3-8(5-9)10(13)14/h7-9,12H,2-5H2,1H3,(H,13,14). The second-order valence-corrected chi connectivity index (χ2v) is 3.92. The molecule has 0 aromatic heterocycles. The van der Waals surface area contributed by atoms with Crippen LogP contribution in [-0.2, 0) is 4.79 Å². The summed E-state index contributed by atoms with van der Waals surface area (Å²) in [5, 5.41) is 20.6. The van der Waals surface area contributed by atoms with E-state index >= 15 is 0 Å². The van der Waals surface area contributed by atoms with Crippen LogP contribution in [0.3, 0.4) is 0 Å². The number of nitriles is 1. The fourth-order valence-electron chi connectivity index (χ4n) is 1.96. The summed E-state index contributed by atoms with van der Waals surface area (Å²) in [6.07, 6.45) is 3.35. The number of nitrogens with one attached hydrogen (secondary N) is 1. The zero-order valence-corrected chi connectivity index (χ0v) is 8.36. The summed E-state index contributed by atoms with van der Waals surface area (Å²) in [4.78, 5) is 10.8. The molecule has 0 heterocycles. The van der Waals surface area contributed by atoms with E-state index in [1.54, 1.807) is 6.92 Å². The molecule has 4 nitrogen and oxygen atoms in total. The summed E-state index contributed by atoms with van der Waals surface area (Å²) >= 11 is 0. The Balaban J connectivity index is 2.41. The lowest BCUT2D eigenvalue weighted by atomic mass is 9.85. The highest BCUT2D eigenvalue weighted by Crippen LogP contribution is 2.24. The zero-order chi connectivity index (χ0) is 10.6. The third-order valence-corrected chi connectivity index (χ3v) is 2.70. The van der Waals surface area contributed by atoms with Crippen LogP contribution < -0.4 is 5.32 Å². The Morgan fingerprint density at radius 2 is 2.36 bits per heavy atom. The maximum absolute atomic E-state index is 10.8. The van der Waals surface area contributed by atoms with Crippen LogP contribution in [0.5, 0.6) is 0 Å². The van der Waals surface area contributed by atoms with Crippen molar-refractivity contribution in [2.75, 3.05) is 0 Å². The second-order valence-electron chi connectivity index (χ2n) is 3.92. The van der Waals surface area contributed by atoms with E-state index in [4.69, 9.17) is 10.4 Å². The van der Waals surface area contributed by atoms with Gasteiger partial charge in [-0.05, 0) is 26.2 Å². The monoisotopic (exact) mass is 196 g/mol. The Bertz CT molecular complexity index is 247. The van der Waals surface area contributed by atoms with Crippen LogP contribution in [0.2, 0.25) is 0 Å². The van der Waals surface area contributed by atoms with Crippen LogP contribution in [0.4, 0.5) is 0 Å². The molecule has 3 unspecified atom stereocenters. The van der Waals surface area contributed by atoms with Crippen molar-refractivity contribution in [3.05, 3.63) is 0 Å². The van der Waals surface area contributed by atoms with Crippen molar-refractivity contribution >= 4 is 5.97 Å². The number of rotatable bonds is 3. The van der Waals surface area contributed by atoms with Crippen molar-refractivity contribution in [1.29, 1.82) is 5.26 Å². The van der Waals surface area contributed by atoms with Crippen LogP contribution in [0.25, 0.3) is 0 Å². The van der Waals surface area contributed by atoms with Gasteiger partial charge in [-0.3, -0.25) is 10.1 Å². The minimum atomic E-state index is -0.707. The fourth-order valence-corrected chi connectivity index (χ4v) is 1.96. The molecule has 0 aromatic rings. The number of carboxylic acid groups (broad SMARTS) is 1. The predicted molar refractivity (Wildman–Crippen MR) is 51.6 cm³/mol. The molecule has 1 fully saturated rings. The van der Waals surface area contributed by atoms with Gasteiger partial charge in [-0.1, -0.05) is 6.42 Å². The highest BCUT2D eigenvalue weighted by Gasteiger charge is 2.27. The molecule has 1 rings (SSSR count). The van der Waals surface area contributed by atoms with Crippen molar-refractivity contribution in [3.8, 4) is 6.07 Å². The summed E-state index contributed by atoms with van der Waals surface area (Å²) in [6, 6.07) is 2.10. The quantitative estimate of drug-likeness (QED) is 0.709. The van der Waals surface area contributed by atoms with Crippen LogP contribution >= 0.6 is 0 Å². The molecular formula is C10H16N2O2. The molecule has 0 amide bonds. The summed E-state index contributed by atoms with van der Waals surface area (Å²) in [5.74, 6) is -0.937. The van der Waals surface area contributed by atoms with E-state index in [0.717, 1.165) is 19.3 Å². The van der Waals surface area contributed by atoms with Crippen molar-refractivity contribution in [3.63, 3.8) is 0 Å². The summed E-state index contributed by atoms with van der Waals surface area (Å²) in [5.41, 5.74) is 0. The topological polar surface area (TPSA) is 73.1 Å². The normalized spacial score (nSPS) is 29.1. The Hall–Kier alpha value is -1.08. The van der Waals surface area contributed by atoms with Gasteiger partial charge in [-0.2, -0.15) is 5.26 Å². The van der Waals surface area contributed by atoms with Crippen molar-refractivity contribution in [1.82, 2.24) is 5.32 Å².